The van der Waals surface area contributed by atoms with Crippen LogP contribution in [0.25, 0.3) is 5.65 Å². The zero-order valence-electron chi connectivity index (χ0n) is 14.6. The molecule has 3 aromatic rings. The number of aromatic nitrogens is 5. The normalized spacial score (nSPS) is 13.0. The molecule has 0 aliphatic rings. The maximum Gasteiger partial charge on any atom is 0.157 e. The van der Waals surface area contributed by atoms with E-state index in [9.17, 15) is 0 Å². The SMILES string of the molecule is Cc1cc2nc(C(C)C)cc(N[C@H](C)c3c(C)n[nH]c3C)n2n1. The van der Waals surface area contributed by atoms with E-state index in [0.29, 0.717) is 5.92 Å². The fourth-order valence-electron chi connectivity index (χ4n) is 3.00. The predicted octanol–water partition coefficient (Wildman–Crippen LogP) is 3.67. The van der Waals surface area contributed by atoms with E-state index in [4.69, 9.17) is 4.98 Å². The Morgan fingerprint density at radius 1 is 1.13 bits per heavy atom. The number of fused-ring (bicyclic) bond motifs is 1. The predicted molar refractivity (Wildman–Crippen MR) is 91.9 cm³/mol. The van der Waals surface area contributed by atoms with Gasteiger partial charge in [0.1, 0.15) is 5.82 Å². The molecule has 0 fully saturated rings. The molecule has 0 spiro atoms. The maximum absolute atomic E-state index is 4.70. The van der Waals surface area contributed by atoms with Crippen LogP contribution in [-0.4, -0.2) is 24.8 Å². The van der Waals surface area contributed by atoms with E-state index in [1.165, 1.54) is 5.56 Å². The van der Waals surface area contributed by atoms with Gasteiger partial charge in [-0.15, -0.1) is 0 Å². The van der Waals surface area contributed by atoms with Gasteiger partial charge in [0.2, 0.25) is 0 Å². The standard InChI is InChI=1S/C17H24N6/c1-9(2)14-8-16(23-15(19-14)7-10(3)22-23)18-11(4)17-12(5)20-21-13(17)6/h7-9,11,18H,1-6H3,(H,20,21)/t11-/m1/s1. The quantitative estimate of drug-likeness (QED) is 0.771. The lowest BCUT2D eigenvalue weighted by atomic mass is 10.1. The molecular weight excluding hydrogens is 288 g/mol. The second kappa shape index (κ2) is 5.68. The first-order chi connectivity index (χ1) is 10.9. The zero-order valence-corrected chi connectivity index (χ0v) is 14.6. The summed E-state index contributed by atoms with van der Waals surface area (Å²) in [5.41, 5.74) is 6.22. The van der Waals surface area contributed by atoms with Gasteiger partial charge in [0.25, 0.3) is 0 Å². The Morgan fingerprint density at radius 2 is 1.87 bits per heavy atom. The fraction of sp³-hybridized carbons (Fsp3) is 0.471. The Kier molecular flexibility index (Phi) is 3.83. The van der Waals surface area contributed by atoms with Gasteiger partial charge in [0, 0.05) is 29.1 Å². The lowest BCUT2D eigenvalue weighted by Crippen LogP contribution is -2.13. The average molecular weight is 312 g/mol. The summed E-state index contributed by atoms with van der Waals surface area (Å²) >= 11 is 0. The van der Waals surface area contributed by atoms with Crippen LogP contribution < -0.4 is 5.32 Å². The molecule has 3 heterocycles. The highest BCUT2D eigenvalue weighted by Gasteiger charge is 2.17. The number of hydrogen-bond acceptors (Lipinski definition) is 4. The van der Waals surface area contributed by atoms with Crippen molar-refractivity contribution >= 4 is 11.5 Å². The van der Waals surface area contributed by atoms with Crippen molar-refractivity contribution in [3.63, 3.8) is 0 Å². The summed E-state index contributed by atoms with van der Waals surface area (Å²) in [4.78, 5) is 4.70. The molecule has 6 heteroatoms. The van der Waals surface area contributed by atoms with E-state index in [1.807, 2.05) is 31.4 Å². The van der Waals surface area contributed by atoms with Crippen molar-refractivity contribution in [1.29, 1.82) is 0 Å². The van der Waals surface area contributed by atoms with Crippen LogP contribution in [0.5, 0.6) is 0 Å². The van der Waals surface area contributed by atoms with Crippen LogP contribution in [0, 0.1) is 20.8 Å². The number of aromatic amines is 1. The lowest BCUT2D eigenvalue weighted by molar-refractivity contribution is 0.789. The molecular formula is C17H24N6. The molecule has 0 radical (unpaired) electrons. The lowest BCUT2D eigenvalue weighted by Gasteiger charge is -2.18. The summed E-state index contributed by atoms with van der Waals surface area (Å²) in [6, 6.07) is 4.23. The van der Waals surface area contributed by atoms with Crippen molar-refractivity contribution in [2.75, 3.05) is 5.32 Å². The Bertz CT molecular complexity index is 823. The first-order valence-corrected chi connectivity index (χ1v) is 8.02. The summed E-state index contributed by atoms with van der Waals surface area (Å²) in [6.45, 7) is 12.5. The van der Waals surface area contributed by atoms with Gasteiger partial charge in [-0.25, -0.2) is 4.98 Å². The number of rotatable bonds is 4. The molecule has 3 aromatic heterocycles. The zero-order chi connectivity index (χ0) is 16.7. The molecule has 1 atom stereocenters. The van der Waals surface area contributed by atoms with Crippen LogP contribution >= 0.6 is 0 Å². The third-order valence-corrected chi connectivity index (χ3v) is 4.14. The van der Waals surface area contributed by atoms with Crippen molar-refractivity contribution in [1.82, 2.24) is 24.8 Å². The van der Waals surface area contributed by atoms with Crippen molar-refractivity contribution in [3.8, 4) is 0 Å². The van der Waals surface area contributed by atoms with Crippen LogP contribution in [0.1, 0.15) is 61.1 Å². The van der Waals surface area contributed by atoms with E-state index >= 15 is 0 Å². The van der Waals surface area contributed by atoms with Gasteiger partial charge in [0.15, 0.2) is 5.65 Å². The van der Waals surface area contributed by atoms with Gasteiger partial charge < -0.3 is 5.32 Å². The summed E-state index contributed by atoms with van der Waals surface area (Å²) in [5.74, 6) is 1.32. The van der Waals surface area contributed by atoms with Crippen LogP contribution in [-0.2, 0) is 0 Å². The molecule has 122 valence electrons. The monoisotopic (exact) mass is 312 g/mol. The van der Waals surface area contributed by atoms with Gasteiger partial charge in [-0.3, -0.25) is 5.10 Å². The smallest absolute Gasteiger partial charge is 0.157 e. The minimum absolute atomic E-state index is 0.129. The highest BCUT2D eigenvalue weighted by atomic mass is 15.3. The molecule has 0 saturated heterocycles. The number of nitrogens with one attached hydrogen (secondary N) is 2. The Hall–Kier alpha value is -2.37. The molecule has 0 bridgehead atoms. The molecule has 0 unspecified atom stereocenters. The van der Waals surface area contributed by atoms with E-state index in [1.54, 1.807) is 0 Å². The van der Waals surface area contributed by atoms with Gasteiger partial charge in [-0.05, 0) is 33.6 Å². The molecule has 6 nitrogen and oxygen atoms in total. The van der Waals surface area contributed by atoms with Crippen molar-refractivity contribution in [2.45, 2.75) is 53.5 Å². The summed E-state index contributed by atoms with van der Waals surface area (Å²) in [6.07, 6.45) is 0. The van der Waals surface area contributed by atoms with Crippen LogP contribution in [0.2, 0.25) is 0 Å². The number of aryl methyl sites for hydroxylation is 3. The van der Waals surface area contributed by atoms with E-state index < -0.39 is 0 Å². The van der Waals surface area contributed by atoms with Crippen LogP contribution in [0.15, 0.2) is 12.1 Å². The molecule has 0 amide bonds. The van der Waals surface area contributed by atoms with Crippen molar-refractivity contribution in [2.24, 2.45) is 0 Å². The minimum atomic E-state index is 0.129. The van der Waals surface area contributed by atoms with Gasteiger partial charge in [-0.2, -0.15) is 14.7 Å². The molecule has 0 saturated carbocycles. The number of hydrogen-bond donors (Lipinski definition) is 2. The van der Waals surface area contributed by atoms with E-state index in [-0.39, 0.29) is 6.04 Å². The largest absolute Gasteiger partial charge is 0.363 e. The highest BCUT2D eigenvalue weighted by molar-refractivity contribution is 5.52. The Morgan fingerprint density at radius 3 is 2.48 bits per heavy atom. The molecule has 0 aliphatic carbocycles. The fourth-order valence-corrected chi connectivity index (χ4v) is 3.00. The summed E-state index contributed by atoms with van der Waals surface area (Å²) < 4.78 is 1.88. The third kappa shape index (κ3) is 2.81. The van der Waals surface area contributed by atoms with Gasteiger partial charge in [0.05, 0.1) is 17.4 Å². The maximum atomic E-state index is 4.70. The van der Waals surface area contributed by atoms with Gasteiger partial charge in [-0.1, -0.05) is 13.8 Å². The molecule has 0 aromatic carbocycles. The molecule has 23 heavy (non-hydrogen) atoms. The van der Waals surface area contributed by atoms with Gasteiger partial charge >= 0.3 is 0 Å². The van der Waals surface area contributed by atoms with Crippen molar-refractivity contribution < 1.29 is 0 Å². The van der Waals surface area contributed by atoms with E-state index in [0.717, 1.165) is 34.2 Å². The topological polar surface area (TPSA) is 70.9 Å². The highest BCUT2D eigenvalue weighted by Crippen LogP contribution is 2.26. The number of nitrogens with zero attached hydrogens (tertiary/aromatic N) is 4. The summed E-state index contributed by atoms with van der Waals surface area (Å²) in [5, 5.41) is 15.5. The Balaban J connectivity index is 2.04. The molecule has 2 N–H and O–H groups in total. The molecule has 0 aliphatic heterocycles. The third-order valence-electron chi connectivity index (χ3n) is 4.14. The average Bonchev–Trinajstić information content (AvgIpc) is 3.00. The molecule has 3 rings (SSSR count). The first-order valence-electron chi connectivity index (χ1n) is 8.02. The number of anilines is 1. The summed E-state index contributed by atoms with van der Waals surface area (Å²) in [7, 11) is 0. The first kappa shape index (κ1) is 15.5. The Labute approximate surface area is 136 Å². The number of H-pyrrole nitrogens is 1. The van der Waals surface area contributed by atoms with Crippen LogP contribution in [0.4, 0.5) is 5.82 Å². The van der Waals surface area contributed by atoms with Crippen molar-refractivity contribution in [3.05, 3.63) is 40.5 Å². The van der Waals surface area contributed by atoms with Crippen LogP contribution in [0.3, 0.4) is 0 Å². The second-order valence-electron chi connectivity index (χ2n) is 6.49. The second-order valence-corrected chi connectivity index (χ2v) is 6.49. The van der Waals surface area contributed by atoms with E-state index in [2.05, 4.69) is 47.5 Å². The minimum Gasteiger partial charge on any atom is -0.363 e.